The van der Waals surface area contributed by atoms with E-state index in [-0.39, 0.29) is 10.6 Å². The SMILES string of the molecule is CCn1cc(S(=O)(=O)NCCCCSC)cc1C(=O)O. The Balaban J connectivity index is 2.75. The number of sulfonamides is 1. The fourth-order valence-electron chi connectivity index (χ4n) is 1.73. The predicted molar refractivity (Wildman–Crippen MR) is 79.9 cm³/mol. The molecule has 0 amide bonds. The van der Waals surface area contributed by atoms with E-state index in [1.165, 1.54) is 16.8 Å². The lowest BCUT2D eigenvalue weighted by Gasteiger charge is -2.04. The van der Waals surface area contributed by atoms with Crippen molar-refractivity contribution >= 4 is 27.8 Å². The number of carboxylic acid groups (broad SMARTS) is 1. The molecule has 114 valence electrons. The molecule has 0 radical (unpaired) electrons. The smallest absolute Gasteiger partial charge is 0.352 e. The van der Waals surface area contributed by atoms with E-state index in [0.29, 0.717) is 13.1 Å². The van der Waals surface area contributed by atoms with Crippen molar-refractivity contribution in [3.63, 3.8) is 0 Å². The molecule has 0 saturated carbocycles. The fraction of sp³-hybridized carbons (Fsp3) is 0.583. The van der Waals surface area contributed by atoms with Gasteiger partial charge in [0.15, 0.2) is 0 Å². The van der Waals surface area contributed by atoms with Gasteiger partial charge in [-0.3, -0.25) is 0 Å². The number of carbonyl (C=O) groups is 1. The van der Waals surface area contributed by atoms with Gasteiger partial charge in [0.05, 0.1) is 0 Å². The summed E-state index contributed by atoms with van der Waals surface area (Å²) in [5, 5.41) is 9.01. The van der Waals surface area contributed by atoms with E-state index in [0.717, 1.165) is 18.6 Å². The van der Waals surface area contributed by atoms with E-state index in [1.807, 2.05) is 6.26 Å². The highest BCUT2D eigenvalue weighted by atomic mass is 32.2. The van der Waals surface area contributed by atoms with Gasteiger partial charge in [0.2, 0.25) is 10.0 Å². The number of nitrogens with one attached hydrogen (secondary N) is 1. The standard InChI is InChI=1S/C12H20N2O4S2/c1-3-14-9-10(8-11(14)12(15)16)20(17,18)13-6-4-5-7-19-2/h8-9,13H,3-7H2,1-2H3,(H,15,16). The third-order valence-corrected chi connectivity index (χ3v) is 4.93. The van der Waals surface area contributed by atoms with Crippen LogP contribution in [0.5, 0.6) is 0 Å². The molecule has 1 aromatic rings. The molecule has 8 heteroatoms. The summed E-state index contributed by atoms with van der Waals surface area (Å²) in [4.78, 5) is 11.0. The summed E-state index contributed by atoms with van der Waals surface area (Å²) in [5.74, 6) is -0.134. The minimum Gasteiger partial charge on any atom is -0.477 e. The van der Waals surface area contributed by atoms with Crippen LogP contribution in [-0.2, 0) is 16.6 Å². The Labute approximate surface area is 123 Å². The predicted octanol–water partition coefficient (Wildman–Crippen LogP) is 1.63. The Bertz CT molecular complexity index is 552. The second-order valence-electron chi connectivity index (χ2n) is 4.25. The van der Waals surface area contributed by atoms with E-state index in [9.17, 15) is 13.2 Å². The number of aromatic carboxylic acids is 1. The molecule has 0 aliphatic heterocycles. The van der Waals surface area contributed by atoms with E-state index < -0.39 is 16.0 Å². The third-order valence-electron chi connectivity index (χ3n) is 2.81. The molecule has 0 spiro atoms. The molecule has 2 N–H and O–H groups in total. The van der Waals surface area contributed by atoms with Crippen LogP contribution in [0.15, 0.2) is 17.2 Å². The number of thioether (sulfide) groups is 1. The van der Waals surface area contributed by atoms with Gasteiger partial charge in [0.25, 0.3) is 0 Å². The summed E-state index contributed by atoms with van der Waals surface area (Å²) in [6.07, 6.45) is 5.07. The van der Waals surface area contributed by atoms with E-state index in [4.69, 9.17) is 5.11 Å². The third kappa shape index (κ3) is 4.53. The second kappa shape index (κ2) is 7.70. The maximum absolute atomic E-state index is 12.0. The second-order valence-corrected chi connectivity index (χ2v) is 7.00. The Morgan fingerprint density at radius 3 is 2.65 bits per heavy atom. The van der Waals surface area contributed by atoms with Crippen LogP contribution in [0, 0.1) is 0 Å². The van der Waals surface area contributed by atoms with Gasteiger partial charge in [0, 0.05) is 19.3 Å². The Kier molecular flexibility index (Phi) is 6.57. The van der Waals surface area contributed by atoms with Crippen molar-refractivity contribution < 1.29 is 18.3 Å². The molecule has 0 aliphatic rings. The average molecular weight is 320 g/mol. The monoisotopic (exact) mass is 320 g/mol. The van der Waals surface area contributed by atoms with Gasteiger partial charge in [-0.2, -0.15) is 11.8 Å². The molecule has 0 unspecified atom stereocenters. The normalized spacial score (nSPS) is 11.7. The quantitative estimate of drug-likeness (QED) is 0.675. The molecule has 20 heavy (non-hydrogen) atoms. The summed E-state index contributed by atoms with van der Waals surface area (Å²) in [6, 6.07) is 1.19. The number of hydrogen-bond donors (Lipinski definition) is 2. The van der Waals surface area contributed by atoms with Crippen molar-refractivity contribution in [1.29, 1.82) is 0 Å². The van der Waals surface area contributed by atoms with Gasteiger partial charge in [-0.1, -0.05) is 0 Å². The minimum absolute atomic E-state index is 0.00150. The first-order valence-corrected chi connectivity index (χ1v) is 9.22. The molecule has 0 atom stereocenters. The Morgan fingerprint density at radius 1 is 1.45 bits per heavy atom. The highest BCUT2D eigenvalue weighted by molar-refractivity contribution is 7.98. The van der Waals surface area contributed by atoms with E-state index in [1.54, 1.807) is 18.7 Å². The highest BCUT2D eigenvalue weighted by Gasteiger charge is 2.20. The maximum Gasteiger partial charge on any atom is 0.352 e. The van der Waals surface area contributed by atoms with Crippen LogP contribution in [0.1, 0.15) is 30.3 Å². The van der Waals surface area contributed by atoms with Crippen molar-refractivity contribution in [2.75, 3.05) is 18.6 Å². The van der Waals surface area contributed by atoms with Crippen LogP contribution in [0.2, 0.25) is 0 Å². The maximum atomic E-state index is 12.0. The van der Waals surface area contributed by atoms with Crippen LogP contribution < -0.4 is 4.72 Å². The molecular weight excluding hydrogens is 300 g/mol. The van der Waals surface area contributed by atoms with Gasteiger partial charge >= 0.3 is 5.97 Å². The lowest BCUT2D eigenvalue weighted by Crippen LogP contribution is -2.24. The van der Waals surface area contributed by atoms with Crippen molar-refractivity contribution in [2.24, 2.45) is 0 Å². The largest absolute Gasteiger partial charge is 0.477 e. The lowest BCUT2D eigenvalue weighted by atomic mass is 10.3. The van der Waals surface area contributed by atoms with Crippen LogP contribution >= 0.6 is 11.8 Å². The zero-order chi connectivity index (χ0) is 15.2. The topological polar surface area (TPSA) is 88.4 Å². The molecule has 1 heterocycles. The zero-order valence-corrected chi connectivity index (χ0v) is 13.3. The van der Waals surface area contributed by atoms with Crippen LogP contribution in [0.3, 0.4) is 0 Å². The summed E-state index contributed by atoms with van der Waals surface area (Å²) in [6.45, 7) is 2.53. The number of aromatic nitrogens is 1. The van der Waals surface area contributed by atoms with Crippen LogP contribution in [-0.4, -0.2) is 42.6 Å². The number of carboxylic acids is 1. The van der Waals surface area contributed by atoms with Gasteiger partial charge in [-0.05, 0) is 37.8 Å². The molecule has 6 nitrogen and oxygen atoms in total. The first kappa shape index (κ1) is 17.1. The number of hydrogen-bond acceptors (Lipinski definition) is 4. The summed E-state index contributed by atoms with van der Waals surface area (Å²) in [5.41, 5.74) is -0.0183. The van der Waals surface area contributed by atoms with Gasteiger partial charge in [-0.15, -0.1) is 0 Å². The summed E-state index contributed by atoms with van der Waals surface area (Å²) in [7, 11) is -3.63. The first-order valence-electron chi connectivity index (χ1n) is 6.34. The zero-order valence-electron chi connectivity index (χ0n) is 11.6. The van der Waals surface area contributed by atoms with Gasteiger partial charge in [-0.25, -0.2) is 17.9 Å². The highest BCUT2D eigenvalue weighted by Crippen LogP contribution is 2.14. The number of unbranched alkanes of at least 4 members (excludes halogenated alkanes) is 1. The molecular formula is C12H20N2O4S2. The van der Waals surface area contributed by atoms with E-state index >= 15 is 0 Å². The summed E-state index contributed by atoms with van der Waals surface area (Å²) < 4.78 is 28.0. The van der Waals surface area contributed by atoms with Crippen LogP contribution in [0.25, 0.3) is 0 Å². The molecule has 0 aliphatic carbocycles. The number of rotatable bonds is 9. The van der Waals surface area contributed by atoms with Gasteiger partial charge < -0.3 is 9.67 Å². The molecule has 0 fully saturated rings. The molecule has 0 bridgehead atoms. The minimum atomic E-state index is -3.63. The number of nitrogens with zero attached hydrogens (tertiary/aromatic N) is 1. The number of aryl methyl sites for hydroxylation is 1. The van der Waals surface area contributed by atoms with Crippen molar-refractivity contribution in [3.05, 3.63) is 18.0 Å². The van der Waals surface area contributed by atoms with Crippen molar-refractivity contribution in [3.8, 4) is 0 Å². The van der Waals surface area contributed by atoms with Crippen molar-refractivity contribution in [2.45, 2.75) is 31.2 Å². The first-order chi connectivity index (χ1) is 9.42. The molecule has 1 rings (SSSR count). The molecule has 1 aromatic heterocycles. The fourth-order valence-corrected chi connectivity index (χ4v) is 3.34. The summed E-state index contributed by atoms with van der Waals surface area (Å²) >= 11 is 1.72. The molecule has 0 saturated heterocycles. The van der Waals surface area contributed by atoms with Crippen molar-refractivity contribution in [1.82, 2.24) is 9.29 Å². The lowest BCUT2D eigenvalue weighted by molar-refractivity contribution is 0.0685. The Morgan fingerprint density at radius 2 is 2.15 bits per heavy atom. The van der Waals surface area contributed by atoms with Gasteiger partial charge in [0.1, 0.15) is 10.6 Å². The van der Waals surface area contributed by atoms with E-state index in [2.05, 4.69) is 4.72 Å². The average Bonchev–Trinajstić information content (AvgIpc) is 2.83. The van der Waals surface area contributed by atoms with Crippen LogP contribution in [0.4, 0.5) is 0 Å². The Hall–Kier alpha value is -0.990. The molecule has 0 aromatic carbocycles.